The fourth-order valence-corrected chi connectivity index (χ4v) is 6.91. The summed E-state index contributed by atoms with van der Waals surface area (Å²) in [6.45, 7) is 2.13. The second-order valence-corrected chi connectivity index (χ2v) is 13.5. The minimum Gasteiger partial charge on any atom is -0.446 e. The zero-order valence-corrected chi connectivity index (χ0v) is 26.4. The average Bonchev–Trinajstić information content (AvgIpc) is 3.56. The monoisotopic (exact) mass is 631 g/mol. The smallest absolute Gasteiger partial charge is 0.413 e. The van der Waals surface area contributed by atoms with Crippen LogP contribution in [0.5, 0.6) is 0 Å². The Balaban J connectivity index is 1.25. The number of nitrogens with two attached hydrogens (primary N) is 1. The average molecular weight is 632 g/mol. The predicted octanol–water partition coefficient (Wildman–Crippen LogP) is 4.66. The quantitative estimate of drug-likeness (QED) is 0.231. The molecule has 1 aliphatic heterocycles. The first-order chi connectivity index (χ1) is 21.6. The molecule has 2 fully saturated rings. The lowest BCUT2D eigenvalue weighted by molar-refractivity contribution is -0.133. The summed E-state index contributed by atoms with van der Waals surface area (Å²) in [7, 11) is -1.85. The first-order valence-corrected chi connectivity index (χ1v) is 17.0. The number of carbonyl (C=O) groups is 2. The zero-order valence-electron chi connectivity index (χ0n) is 25.6. The molecule has 0 unspecified atom stereocenters. The molecule has 1 heterocycles. The third kappa shape index (κ3) is 8.56. The molecule has 4 N–H and O–H groups in total. The molecule has 1 saturated carbocycles. The lowest BCUT2D eigenvalue weighted by Crippen LogP contribution is -2.39. The van der Waals surface area contributed by atoms with Gasteiger partial charge >= 0.3 is 6.09 Å². The van der Waals surface area contributed by atoms with Gasteiger partial charge in [0.05, 0.1) is 11.3 Å². The fourth-order valence-electron chi connectivity index (χ4n) is 6.15. The van der Waals surface area contributed by atoms with E-state index in [9.17, 15) is 18.0 Å². The van der Waals surface area contributed by atoms with Crippen molar-refractivity contribution in [1.82, 2.24) is 15.1 Å². The summed E-state index contributed by atoms with van der Waals surface area (Å²) in [6.07, 6.45) is 4.99. The predicted molar refractivity (Wildman–Crippen MR) is 173 cm³/mol. The highest BCUT2D eigenvalue weighted by Gasteiger charge is 2.27. The van der Waals surface area contributed by atoms with Gasteiger partial charge in [0, 0.05) is 36.8 Å². The summed E-state index contributed by atoms with van der Waals surface area (Å²) in [5.41, 5.74) is 3.45. The summed E-state index contributed by atoms with van der Waals surface area (Å²) < 4.78 is 29.7. The summed E-state index contributed by atoms with van der Waals surface area (Å²) in [4.78, 5) is 30.4. The van der Waals surface area contributed by atoms with E-state index in [4.69, 9.17) is 15.3 Å². The highest BCUT2D eigenvalue weighted by molar-refractivity contribution is 7.89. The van der Waals surface area contributed by atoms with E-state index in [2.05, 4.69) is 10.2 Å². The van der Waals surface area contributed by atoms with Crippen molar-refractivity contribution in [2.75, 3.05) is 20.1 Å². The van der Waals surface area contributed by atoms with Gasteiger partial charge in [-0.25, -0.2) is 18.4 Å². The van der Waals surface area contributed by atoms with Crippen LogP contribution in [0.15, 0.2) is 77.7 Å². The molecular formula is C34H41N5O5S. The number of rotatable bonds is 9. The number of carbonyl (C=O) groups excluding carboxylic acids is 2. The number of alkyl carbamates (subject to hydrolysis) is 1. The zero-order chi connectivity index (χ0) is 32.0. The van der Waals surface area contributed by atoms with Gasteiger partial charge in [0.15, 0.2) is 0 Å². The Morgan fingerprint density at radius 2 is 1.64 bits per heavy atom. The third-order valence-electron chi connectivity index (χ3n) is 8.63. The molecule has 238 valence electrons. The van der Waals surface area contributed by atoms with E-state index in [1.165, 1.54) is 6.07 Å². The molecular weight excluding hydrogens is 590 g/mol. The number of ether oxygens (including phenoxy) is 1. The normalized spacial score (nSPS) is 16.3. The maximum absolute atomic E-state index is 13.7. The molecule has 5 rings (SSSR count). The Morgan fingerprint density at radius 3 is 2.33 bits per heavy atom. The minimum atomic E-state index is -3.89. The Labute approximate surface area is 265 Å². The molecule has 0 radical (unpaired) electrons. The third-order valence-corrected chi connectivity index (χ3v) is 9.60. The lowest BCUT2D eigenvalue weighted by Gasteiger charge is -2.29. The molecule has 45 heavy (non-hydrogen) atoms. The molecule has 11 heteroatoms. The fraction of sp³-hybridized carbons (Fsp3) is 0.382. The number of likely N-dealkylation sites (tertiary alicyclic amines) is 1. The number of benzene rings is 3. The number of hydrogen-bond donors (Lipinski definition) is 3. The van der Waals surface area contributed by atoms with Crippen LogP contribution in [0.3, 0.4) is 0 Å². The maximum Gasteiger partial charge on any atom is 0.413 e. The van der Waals surface area contributed by atoms with Gasteiger partial charge in [-0.1, -0.05) is 73.5 Å². The maximum atomic E-state index is 13.7. The van der Waals surface area contributed by atoms with Crippen molar-refractivity contribution in [1.29, 1.82) is 5.41 Å². The highest BCUT2D eigenvalue weighted by atomic mass is 32.2. The summed E-state index contributed by atoms with van der Waals surface area (Å²) in [5, 5.41) is 16.5. The van der Waals surface area contributed by atoms with Crippen molar-refractivity contribution >= 4 is 27.9 Å². The molecule has 0 atom stereocenters. The Morgan fingerprint density at radius 1 is 0.956 bits per heavy atom. The van der Waals surface area contributed by atoms with E-state index < -0.39 is 16.1 Å². The lowest BCUT2D eigenvalue weighted by atomic mass is 10.0. The van der Waals surface area contributed by atoms with Gasteiger partial charge in [0.1, 0.15) is 11.9 Å². The van der Waals surface area contributed by atoms with Gasteiger partial charge in [-0.05, 0) is 61.6 Å². The Kier molecular flexibility index (Phi) is 10.3. The van der Waals surface area contributed by atoms with Gasteiger partial charge < -0.3 is 14.5 Å². The summed E-state index contributed by atoms with van der Waals surface area (Å²) >= 11 is 0. The van der Waals surface area contributed by atoms with Crippen LogP contribution >= 0.6 is 0 Å². The first-order valence-electron chi connectivity index (χ1n) is 15.4. The Hall–Kier alpha value is -4.06. The van der Waals surface area contributed by atoms with Gasteiger partial charge in [0.2, 0.25) is 15.9 Å². The van der Waals surface area contributed by atoms with Crippen LogP contribution in [0.25, 0.3) is 11.1 Å². The van der Waals surface area contributed by atoms with E-state index >= 15 is 0 Å². The molecule has 2 aliphatic rings. The minimum absolute atomic E-state index is 0.0000969. The number of sulfonamides is 1. The van der Waals surface area contributed by atoms with Crippen molar-refractivity contribution in [2.45, 2.75) is 68.5 Å². The molecule has 2 amide bonds. The number of nitrogens with zero attached hydrogens (tertiary/aromatic N) is 2. The van der Waals surface area contributed by atoms with Gasteiger partial charge in [-0.15, -0.1) is 0 Å². The standard InChI is InChI=1S/C34H41N5O5S/c1-38-19-17-29(18-20-38)44-34(41)37-33(35)27-8-6-7-25(21-27)23-39(28-9-2-3-10-28)32(40)22-24-13-15-26(16-14-24)30-11-4-5-12-31(30)45(36,42)43/h4-8,11-16,21,28-29H,2-3,9-10,17-20,22-23H2,1H3,(H2,35,37,41)(H2,36,42,43). The van der Waals surface area contributed by atoms with Crippen LogP contribution in [-0.4, -0.2) is 68.3 Å². The summed E-state index contributed by atoms with van der Waals surface area (Å²) in [6, 6.07) is 21.4. The van der Waals surface area contributed by atoms with E-state index in [0.29, 0.717) is 23.2 Å². The molecule has 10 nitrogen and oxygen atoms in total. The molecule has 3 aromatic carbocycles. The van der Waals surface area contributed by atoms with Crippen LogP contribution in [0.2, 0.25) is 0 Å². The van der Waals surface area contributed by atoms with Crippen LogP contribution in [-0.2, 0) is 32.5 Å². The van der Waals surface area contributed by atoms with Gasteiger partial charge in [-0.3, -0.25) is 15.5 Å². The van der Waals surface area contributed by atoms with Crippen LogP contribution in [0, 0.1) is 5.41 Å². The van der Waals surface area contributed by atoms with E-state index in [1.54, 1.807) is 24.3 Å². The molecule has 0 bridgehead atoms. The van der Waals surface area contributed by atoms with E-state index in [0.717, 1.165) is 62.7 Å². The number of piperidine rings is 1. The highest BCUT2D eigenvalue weighted by Crippen LogP contribution is 2.28. The van der Waals surface area contributed by atoms with Crippen molar-refractivity contribution in [3.05, 3.63) is 89.5 Å². The van der Waals surface area contributed by atoms with Crippen LogP contribution in [0.1, 0.15) is 55.2 Å². The molecule has 0 aromatic heterocycles. The molecule has 1 aliphatic carbocycles. The number of amidine groups is 1. The van der Waals surface area contributed by atoms with Crippen LogP contribution in [0.4, 0.5) is 4.79 Å². The van der Waals surface area contributed by atoms with E-state index in [-0.39, 0.29) is 35.2 Å². The van der Waals surface area contributed by atoms with Crippen molar-refractivity contribution in [3.63, 3.8) is 0 Å². The second-order valence-electron chi connectivity index (χ2n) is 12.0. The van der Waals surface area contributed by atoms with Crippen molar-refractivity contribution in [2.24, 2.45) is 5.14 Å². The van der Waals surface area contributed by atoms with Crippen molar-refractivity contribution < 1.29 is 22.7 Å². The largest absolute Gasteiger partial charge is 0.446 e. The van der Waals surface area contributed by atoms with E-state index in [1.807, 2.05) is 54.4 Å². The van der Waals surface area contributed by atoms with Gasteiger partial charge in [-0.2, -0.15) is 0 Å². The Bertz CT molecular complexity index is 1630. The number of primary sulfonamides is 1. The SMILES string of the molecule is CN1CCC(OC(=O)NC(=N)c2cccc(CN(C(=O)Cc3ccc(-c4ccccc4S(N)(=O)=O)cc3)C3CCCC3)c2)CC1. The van der Waals surface area contributed by atoms with Crippen LogP contribution < -0.4 is 10.5 Å². The second kappa shape index (κ2) is 14.4. The first kappa shape index (κ1) is 32.3. The topological polar surface area (TPSA) is 146 Å². The number of amides is 2. The molecule has 1 saturated heterocycles. The van der Waals surface area contributed by atoms with Gasteiger partial charge in [0.25, 0.3) is 0 Å². The number of nitrogens with one attached hydrogen (secondary N) is 2. The molecule has 0 spiro atoms. The van der Waals surface area contributed by atoms with Crippen molar-refractivity contribution in [3.8, 4) is 11.1 Å². The molecule has 3 aromatic rings. The summed E-state index contributed by atoms with van der Waals surface area (Å²) in [5.74, 6) is -0.0440. The number of hydrogen-bond acceptors (Lipinski definition) is 7.